The topological polar surface area (TPSA) is 43.6 Å². The van der Waals surface area contributed by atoms with Crippen LogP contribution in [0.5, 0.6) is 0 Å². The zero-order chi connectivity index (χ0) is 14.1. The SMILES string of the molecule is O=C(OCc1ccc(Cl)cc1Cl)c1csc2cncn12. The minimum atomic E-state index is -0.416. The van der Waals surface area contributed by atoms with Gasteiger partial charge in [0.1, 0.15) is 23.5 Å². The summed E-state index contributed by atoms with van der Waals surface area (Å²) in [4.78, 5) is 16.9. The van der Waals surface area contributed by atoms with Crippen molar-refractivity contribution in [2.75, 3.05) is 0 Å². The summed E-state index contributed by atoms with van der Waals surface area (Å²) in [5.74, 6) is -0.416. The number of imidazole rings is 1. The fourth-order valence-corrected chi connectivity index (χ4v) is 3.01. The molecule has 0 atom stereocenters. The van der Waals surface area contributed by atoms with E-state index in [1.54, 1.807) is 40.5 Å². The molecule has 3 aromatic rings. The zero-order valence-electron chi connectivity index (χ0n) is 10.0. The van der Waals surface area contributed by atoms with Gasteiger partial charge in [0, 0.05) is 21.0 Å². The van der Waals surface area contributed by atoms with Crippen LogP contribution in [0.25, 0.3) is 4.83 Å². The van der Waals surface area contributed by atoms with Crippen molar-refractivity contribution >= 4 is 45.3 Å². The first-order chi connectivity index (χ1) is 9.65. The lowest BCUT2D eigenvalue weighted by Gasteiger charge is -2.06. The van der Waals surface area contributed by atoms with E-state index in [0.717, 1.165) is 4.83 Å². The van der Waals surface area contributed by atoms with Gasteiger partial charge in [0.05, 0.1) is 6.20 Å². The Kier molecular flexibility index (Phi) is 3.65. The molecule has 0 bridgehead atoms. The molecule has 0 amide bonds. The highest BCUT2D eigenvalue weighted by Crippen LogP contribution is 2.22. The third-order valence-electron chi connectivity index (χ3n) is 2.74. The van der Waals surface area contributed by atoms with E-state index in [1.807, 2.05) is 0 Å². The van der Waals surface area contributed by atoms with Crippen LogP contribution in [-0.2, 0) is 11.3 Å². The van der Waals surface area contributed by atoms with Crippen LogP contribution in [-0.4, -0.2) is 15.4 Å². The average Bonchev–Trinajstić information content (AvgIpc) is 2.99. The molecule has 0 spiro atoms. The van der Waals surface area contributed by atoms with Crippen LogP contribution in [0.4, 0.5) is 0 Å². The van der Waals surface area contributed by atoms with Gasteiger partial charge in [0.15, 0.2) is 0 Å². The highest BCUT2D eigenvalue weighted by Gasteiger charge is 2.14. The molecule has 0 fully saturated rings. The van der Waals surface area contributed by atoms with E-state index in [9.17, 15) is 4.79 Å². The molecular formula is C13H8Cl2N2O2S. The molecule has 0 radical (unpaired) electrons. The highest BCUT2D eigenvalue weighted by atomic mass is 35.5. The number of hydrogen-bond donors (Lipinski definition) is 0. The van der Waals surface area contributed by atoms with Gasteiger partial charge < -0.3 is 4.74 Å². The standard InChI is InChI=1S/C13H8Cl2N2O2S/c14-9-2-1-8(10(15)3-9)5-19-13(18)11-6-20-12-4-16-7-17(11)12/h1-4,6-7H,5H2. The van der Waals surface area contributed by atoms with Gasteiger partial charge in [0.25, 0.3) is 0 Å². The maximum Gasteiger partial charge on any atom is 0.356 e. The number of carbonyl (C=O) groups is 1. The van der Waals surface area contributed by atoms with E-state index < -0.39 is 5.97 Å². The number of esters is 1. The van der Waals surface area contributed by atoms with Gasteiger partial charge in [-0.1, -0.05) is 29.3 Å². The van der Waals surface area contributed by atoms with E-state index in [-0.39, 0.29) is 6.61 Å². The van der Waals surface area contributed by atoms with Crippen LogP contribution >= 0.6 is 34.5 Å². The van der Waals surface area contributed by atoms with Gasteiger partial charge >= 0.3 is 5.97 Å². The molecule has 3 rings (SSSR count). The number of ether oxygens (including phenoxy) is 1. The van der Waals surface area contributed by atoms with Gasteiger partial charge in [-0.15, -0.1) is 11.3 Å². The maximum absolute atomic E-state index is 12.0. The summed E-state index contributed by atoms with van der Waals surface area (Å²) in [5, 5.41) is 2.76. The Labute approximate surface area is 128 Å². The number of thiazole rings is 1. The lowest BCUT2D eigenvalue weighted by molar-refractivity contribution is 0.0465. The van der Waals surface area contributed by atoms with Crippen LogP contribution < -0.4 is 0 Å². The summed E-state index contributed by atoms with van der Waals surface area (Å²) in [6, 6.07) is 5.05. The quantitative estimate of drug-likeness (QED) is 0.682. The van der Waals surface area contributed by atoms with Crippen LogP contribution in [0, 0.1) is 0 Å². The first-order valence-corrected chi connectivity index (χ1v) is 7.29. The normalized spacial score (nSPS) is 10.9. The molecule has 0 aliphatic heterocycles. The minimum absolute atomic E-state index is 0.0981. The highest BCUT2D eigenvalue weighted by molar-refractivity contribution is 7.15. The van der Waals surface area contributed by atoms with Crippen LogP contribution in [0.3, 0.4) is 0 Å². The molecular weight excluding hydrogens is 319 g/mol. The zero-order valence-corrected chi connectivity index (χ0v) is 12.4. The first kappa shape index (κ1) is 13.4. The lowest BCUT2D eigenvalue weighted by Crippen LogP contribution is -2.07. The third kappa shape index (κ3) is 2.52. The van der Waals surface area contributed by atoms with E-state index >= 15 is 0 Å². The van der Waals surface area contributed by atoms with Gasteiger partial charge in [-0.25, -0.2) is 9.78 Å². The predicted molar refractivity (Wildman–Crippen MR) is 78.7 cm³/mol. The lowest BCUT2D eigenvalue weighted by atomic mass is 10.2. The van der Waals surface area contributed by atoms with E-state index in [0.29, 0.717) is 21.3 Å². The van der Waals surface area contributed by atoms with Crippen molar-refractivity contribution in [3.63, 3.8) is 0 Å². The Hall–Kier alpha value is -1.56. The predicted octanol–water partition coefficient (Wildman–Crippen LogP) is 4.06. The Morgan fingerprint density at radius 2 is 2.25 bits per heavy atom. The third-order valence-corrected chi connectivity index (χ3v) is 4.21. The molecule has 102 valence electrons. The Morgan fingerprint density at radius 3 is 3.05 bits per heavy atom. The fraction of sp³-hybridized carbons (Fsp3) is 0.0769. The van der Waals surface area contributed by atoms with Crippen molar-refractivity contribution in [2.24, 2.45) is 0 Å². The molecule has 4 nitrogen and oxygen atoms in total. The van der Waals surface area contributed by atoms with Crippen molar-refractivity contribution in [3.8, 4) is 0 Å². The van der Waals surface area contributed by atoms with Crippen LogP contribution in [0.1, 0.15) is 16.1 Å². The molecule has 2 aromatic heterocycles. The van der Waals surface area contributed by atoms with Gasteiger partial charge in [-0.05, 0) is 12.1 Å². The van der Waals surface area contributed by atoms with E-state index in [4.69, 9.17) is 27.9 Å². The van der Waals surface area contributed by atoms with Gasteiger partial charge in [-0.2, -0.15) is 0 Å². The van der Waals surface area contributed by atoms with Crippen molar-refractivity contribution in [1.29, 1.82) is 0 Å². The monoisotopic (exact) mass is 326 g/mol. The van der Waals surface area contributed by atoms with Crippen molar-refractivity contribution in [3.05, 3.63) is 57.4 Å². The van der Waals surface area contributed by atoms with Gasteiger partial charge in [0.2, 0.25) is 0 Å². The minimum Gasteiger partial charge on any atom is -0.456 e. The summed E-state index contributed by atoms with van der Waals surface area (Å²) in [5.41, 5.74) is 1.16. The molecule has 0 saturated heterocycles. The summed E-state index contributed by atoms with van der Waals surface area (Å²) >= 11 is 13.3. The fourth-order valence-electron chi connectivity index (χ4n) is 1.73. The van der Waals surface area contributed by atoms with Crippen LogP contribution in [0.15, 0.2) is 36.1 Å². The molecule has 0 unspecified atom stereocenters. The molecule has 2 heterocycles. The average molecular weight is 327 g/mol. The molecule has 20 heavy (non-hydrogen) atoms. The number of benzene rings is 1. The summed E-state index contributed by atoms with van der Waals surface area (Å²) in [6.45, 7) is 0.0981. The Bertz CT molecular complexity index is 782. The number of hydrogen-bond acceptors (Lipinski definition) is 4. The van der Waals surface area contributed by atoms with E-state index in [1.165, 1.54) is 11.3 Å². The Morgan fingerprint density at radius 1 is 1.40 bits per heavy atom. The number of halogens is 2. The molecule has 0 N–H and O–H groups in total. The number of fused-ring (bicyclic) bond motifs is 1. The van der Waals surface area contributed by atoms with Crippen LogP contribution in [0.2, 0.25) is 10.0 Å². The number of carbonyl (C=O) groups excluding carboxylic acids is 1. The molecule has 0 aliphatic rings. The molecule has 1 aromatic carbocycles. The Balaban J connectivity index is 1.75. The first-order valence-electron chi connectivity index (χ1n) is 5.66. The second-order valence-electron chi connectivity index (χ2n) is 4.03. The largest absolute Gasteiger partial charge is 0.456 e. The van der Waals surface area contributed by atoms with Crippen molar-refractivity contribution < 1.29 is 9.53 Å². The van der Waals surface area contributed by atoms with Crippen molar-refractivity contribution in [2.45, 2.75) is 6.61 Å². The molecule has 0 saturated carbocycles. The van der Waals surface area contributed by atoms with E-state index in [2.05, 4.69) is 4.98 Å². The smallest absolute Gasteiger partial charge is 0.356 e. The molecule has 0 aliphatic carbocycles. The second kappa shape index (κ2) is 5.44. The number of nitrogens with zero attached hydrogens (tertiary/aromatic N) is 2. The molecule has 7 heteroatoms. The van der Waals surface area contributed by atoms with Gasteiger partial charge in [-0.3, -0.25) is 4.40 Å². The van der Waals surface area contributed by atoms with Crippen molar-refractivity contribution in [1.82, 2.24) is 9.38 Å². The number of aromatic nitrogens is 2. The number of rotatable bonds is 3. The summed E-state index contributed by atoms with van der Waals surface area (Å²) < 4.78 is 6.95. The maximum atomic E-state index is 12.0. The summed E-state index contributed by atoms with van der Waals surface area (Å²) in [7, 11) is 0. The second-order valence-corrected chi connectivity index (χ2v) is 5.77. The summed E-state index contributed by atoms with van der Waals surface area (Å²) in [6.07, 6.45) is 3.27.